The Morgan fingerprint density at radius 3 is 2.68 bits per heavy atom. The van der Waals surface area contributed by atoms with Crippen molar-refractivity contribution in [3.05, 3.63) is 41.0 Å². The van der Waals surface area contributed by atoms with E-state index in [1.54, 1.807) is 0 Å². The number of aromatic amines is 1. The zero-order valence-electron chi connectivity index (χ0n) is 17.8. The quantitative estimate of drug-likeness (QED) is 0.416. The van der Waals surface area contributed by atoms with Gasteiger partial charge in [-0.25, -0.2) is 0 Å². The van der Waals surface area contributed by atoms with Crippen LogP contribution in [0.4, 0.5) is 5.82 Å². The molecule has 3 aromatic rings. The Hall–Kier alpha value is -2.58. The molecule has 0 fully saturated rings. The predicted molar refractivity (Wildman–Crippen MR) is 115 cm³/mol. The molecule has 3 rings (SSSR count). The van der Waals surface area contributed by atoms with Crippen molar-refractivity contribution in [1.82, 2.24) is 4.98 Å². The number of benzene rings is 1. The molecule has 1 aromatic carbocycles. The first kappa shape index (κ1) is 20.2. The summed E-state index contributed by atoms with van der Waals surface area (Å²) in [6.07, 6.45) is 3.19. The molecule has 0 radical (unpaired) electrons. The number of quaternary nitrogens is 1. The van der Waals surface area contributed by atoms with E-state index >= 15 is 0 Å². The monoisotopic (exact) mass is 379 g/mol. The number of aromatic nitrogens is 2. The molecule has 0 atom stereocenters. The van der Waals surface area contributed by atoms with Crippen LogP contribution in [0, 0.1) is 24.2 Å². The Balaban J connectivity index is 2.18. The number of fused-ring (bicyclic) bond motifs is 3. The summed E-state index contributed by atoms with van der Waals surface area (Å²) < 4.78 is 2.22. The van der Waals surface area contributed by atoms with Crippen molar-refractivity contribution in [2.45, 2.75) is 40.0 Å². The topological polar surface area (TPSA) is 60.1 Å². The fourth-order valence-electron chi connectivity index (χ4n) is 3.84. The van der Waals surface area contributed by atoms with Crippen LogP contribution < -0.4 is 14.6 Å². The second-order valence-electron chi connectivity index (χ2n) is 8.44. The lowest BCUT2D eigenvalue weighted by Gasteiger charge is -2.15. The molecule has 148 valence electrons. The zero-order chi connectivity index (χ0) is 20.3. The first-order valence-electron chi connectivity index (χ1n) is 10.3. The average Bonchev–Trinajstić information content (AvgIpc) is 3.03. The van der Waals surface area contributed by atoms with Gasteiger partial charge in [0.25, 0.3) is 0 Å². The summed E-state index contributed by atoms with van der Waals surface area (Å²) in [5.74, 6) is 1.76. The van der Waals surface area contributed by atoms with Crippen LogP contribution in [0.5, 0.6) is 0 Å². The molecule has 0 spiro atoms. The fraction of sp³-hybridized carbons (Fsp3) is 0.478. The Bertz CT molecular complexity index is 1010. The maximum absolute atomic E-state index is 9.90. The molecular weight excluding hydrogens is 346 g/mol. The largest absolute Gasteiger partial charge is 0.340 e. The van der Waals surface area contributed by atoms with E-state index in [1.807, 2.05) is 6.07 Å². The second kappa shape index (κ2) is 8.62. The summed E-state index contributed by atoms with van der Waals surface area (Å²) in [6.45, 7) is 8.66. The minimum Gasteiger partial charge on any atom is -0.340 e. The molecule has 0 aliphatic rings. The van der Waals surface area contributed by atoms with E-state index in [2.05, 4.69) is 73.8 Å². The van der Waals surface area contributed by atoms with Gasteiger partial charge in [0.15, 0.2) is 0 Å². The molecule has 0 saturated heterocycles. The van der Waals surface area contributed by atoms with Gasteiger partial charge in [0.2, 0.25) is 11.5 Å². The standard InChI is InChI=1S/C23H31N5/c1-16(2)11-12-18-17(3)19(15-24)23-26-20-9-6-7-10-21(20)28(23)22(18)25-13-8-14-27(4)5/h6-7,9-10,16H,8,11-14H2,1-5H3,(H,25,26)/p+2. The molecule has 2 aromatic heterocycles. The second-order valence-corrected chi connectivity index (χ2v) is 8.44. The van der Waals surface area contributed by atoms with Crippen molar-refractivity contribution in [3.63, 3.8) is 0 Å². The fourth-order valence-corrected chi connectivity index (χ4v) is 3.84. The third-order valence-electron chi connectivity index (χ3n) is 5.43. The summed E-state index contributed by atoms with van der Waals surface area (Å²) in [6, 6.07) is 10.7. The number of anilines is 1. The lowest BCUT2D eigenvalue weighted by atomic mass is 9.97. The summed E-state index contributed by atoms with van der Waals surface area (Å²) in [4.78, 5) is 4.94. The van der Waals surface area contributed by atoms with Crippen molar-refractivity contribution in [1.29, 1.82) is 5.26 Å². The minimum absolute atomic E-state index is 0.624. The summed E-state index contributed by atoms with van der Waals surface area (Å²) >= 11 is 0. The van der Waals surface area contributed by atoms with Gasteiger partial charge < -0.3 is 10.2 Å². The number of para-hydroxylation sites is 2. The molecular formula is C23H33N5+2. The van der Waals surface area contributed by atoms with Crippen LogP contribution >= 0.6 is 0 Å². The van der Waals surface area contributed by atoms with Crippen LogP contribution in [-0.4, -0.2) is 32.2 Å². The van der Waals surface area contributed by atoms with E-state index in [-0.39, 0.29) is 0 Å². The number of nitriles is 1. The highest BCUT2D eigenvalue weighted by molar-refractivity contribution is 5.78. The van der Waals surface area contributed by atoms with Gasteiger partial charge >= 0.3 is 0 Å². The normalized spacial score (nSPS) is 11.6. The maximum Gasteiger partial charge on any atom is 0.250 e. The SMILES string of the molecule is Cc1c(CCC(C)C)c(NCCC[NH+](C)C)[n+]2c([nH]c3ccccc32)c1C#N. The minimum atomic E-state index is 0.624. The van der Waals surface area contributed by atoms with E-state index in [0.29, 0.717) is 5.92 Å². The highest BCUT2D eigenvalue weighted by atomic mass is 15.1. The van der Waals surface area contributed by atoms with Crippen LogP contribution in [-0.2, 0) is 6.42 Å². The lowest BCUT2D eigenvalue weighted by molar-refractivity contribution is -0.858. The number of nitrogens with zero attached hydrogens (tertiary/aromatic N) is 2. The molecule has 0 unspecified atom stereocenters. The van der Waals surface area contributed by atoms with Crippen LogP contribution in [0.15, 0.2) is 24.3 Å². The van der Waals surface area contributed by atoms with Gasteiger partial charge in [-0.2, -0.15) is 9.66 Å². The molecule has 0 aliphatic heterocycles. The lowest BCUT2D eigenvalue weighted by Crippen LogP contribution is -3.05. The summed E-state index contributed by atoms with van der Waals surface area (Å²) in [5.41, 5.74) is 6.16. The molecule has 3 N–H and O–H groups in total. The van der Waals surface area contributed by atoms with Gasteiger partial charge in [0, 0.05) is 12.0 Å². The van der Waals surface area contributed by atoms with E-state index in [1.165, 1.54) is 10.5 Å². The van der Waals surface area contributed by atoms with Gasteiger partial charge in [0.1, 0.15) is 22.7 Å². The predicted octanol–water partition coefficient (Wildman–Crippen LogP) is 2.62. The van der Waals surface area contributed by atoms with E-state index in [9.17, 15) is 5.26 Å². The molecule has 0 amide bonds. The molecule has 5 nitrogen and oxygen atoms in total. The van der Waals surface area contributed by atoms with Crippen LogP contribution in [0.25, 0.3) is 16.7 Å². The first-order chi connectivity index (χ1) is 13.4. The first-order valence-corrected chi connectivity index (χ1v) is 10.3. The van der Waals surface area contributed by atoms with Crippen molar-refractivity contribution in [2.75, 3.05) is 32.5 Å². The summed E-state index contributed by atoms with van der Waals surface area (Å²) in [5, 5.41) is 13.6. The van der Waals surface area contributed by atoms with E-state index in [0.717, 1.165) is 66.0 Å². The van der Waals surface area contributed by atoms with Crippen molar-refractivity contribution in [2.24, 2.45) is 5.92 Å². The Morgan fingerprint density at radius 2 is 2.00 bits per heavy atom. The highest BCUT2D eigenvalue weighted by Crippen LogP contribution is 2.27. The molecule has 0 aliphatic carbocycles. The van der Waals surface area contributed by atoms with Crippen molar-refractivity contribution >= 4 is 22.5 Å². The van der Waals surface area contributed by atoms with Gasteiger partial charge in [-0.1, -0.05) is 26.0 Å². The Labute approximate surface area is 168 Å². The van der Waals surface area contributed by atoms with Crippen LogP contribution in [0.1, 0.15) is 43.4 Å². The zero-order valence-corrected chi connectivity index (χ0v) is 17.8. The number of hydrogen-bond acceptors (Lipinski definition) is 2. The number of H-pyrrole nitrogens is 1. The number of hydrogen-bond donors (Lipinski definition) is 3. The van der Waals surface area contributed by atoms with Gasteiger partial charge in [-0.3, -0.25) is 4.98 Å². The molecule has 28 heavy (non-hydrogen) atoms. The third kappa shape index (κ3) is 3.98. The number of imidazole rings is 1. The third-order valence-corrected chi connectivity index (χ3v) is 5.43. The Morgan fingerprint density at radius 1 is 1.25 bits per heavy atom. The highest BCUT2D eigenvalue weighted by Gasteiger charge is 2.25. The molecule has 5 heteroatoms. The number of rotatable bonds is 8. The van der Waals surface area contributed by atoms with Crippen LogP contribution in [0.2, 0.25) is 0 Å². The molecule has 2 heterocycles. The van der Waals surface area contributed by atoms with Gasteiger partial charge in [-0.15, -0.1) is 0 Å². The van der Waals surface area contributed by atoms with Gasteiger partial charge in [-0.05, 0) is 43.4 Å². The van der Waals surface area contributed by atoms with Crippen molar-refractivity contribution < 1.29 is 9.30 Å². The number of pyridine rings is 1. The van der Waals surface area contributed by atoms with E-state index < -0.39 is 0 Å². The number of nitrogens with one attached hydrogen (secondary N) is 3. The van der Waals surface area contributed by atoms with Crippen LogP contribution in [0.3, 0.4) is 0 Å². The average molecular weight is 380 g/mol. The molecule has 0 saturated carbocycles. The van der Waals surface area contributed by atoms with Crippen molar-refractivity contribution in [3.8, 4) is 6.07 Å². The maximum atomic E-state index is 9.90. The molecule has 0 bridgehead atoms. The van der Waals surface area contributed by atoms with Gasteiger partial charge in [0.05, 0.1) is 27.2 Å². The smallest absolute Gasteiger partial charge is 0.250 e. The van der Waals surface area contributed by atoms with E-state index in [4.69, 9.17) is 0 Å². The Kier molecular flexibility index (Phi) is 6.21. The summed E-state index contributed by atoms with van der Waals surface area (Å²) in [7, 11) is 4.37.